The summed E-state index contributed by atoms with van der Waals surface area (Å²) in [5, 5.41) is 9.16. The number of amides is 1. The zero-order valence-electron chi connectivity index (χ0n) is 10.7. The van der Waals surface area contributed by atoms with Gasteiger partial charge in [-0.05, 0) is 29.5 Å². The number of halogens is 1. The van der Waals surface area contributed by atoms with E-state index in [4.69, 9.17) is 9.84 Å². The van der Waals surface area contributed by atoms with Crippen molar-refractivity contribution in [3.8, 4) is 0 Å². The molecule has 1 heterocycles. The molecule has 0 bridgehead atoms. The van der Waals surface area contributed by atoms with E-state index in [9.17, 15) is 4.79 Å². The van der Waals surface area contributed by atoms with Crippen LogP contribution in [0, 0.1) is 11.8 Å². The largest absolute Gasteiger partial charge is 0.465 e. The van der Waals surface area contributed by atoms with Crippen LogP contribution < -0.4 is 0 Å². The third kappa shape index (κ3) is 1.87. The number of likely N-dealkylation sites (tertiary alicyclic amines) is 1. The molecule has 1 N–H and O–H groups in total. The monoisotopic (exact) mass is 325 g/mol. The van der Waals surface area contributed by atoms with Gasteiger partial charge in [-0.2, -0.15) is 0 Å². The Bertz CT molecular complexity index is 504. The zero-order valence-corrected chi connectivity index (χ0v) is 12.3. The van der Waals surface area contributed by atoms with Crippen LogP contribution in [0.5, 0.6) is 0 Å². The first-order valence-electron chi connectivity index (χ1n) is 6.32. The second kappa shape index (κ2) is 4.49. The Kier molecular flexibility index (Phi) is 3.06. The minimum absolute atomic E-state index is 0.0326. The SMILES string of the molecule is COCC1C2CN(C(=O)O)CC12c1ccc(Br)cc1. The Morgan fingerprint density at radius 1 is 1.53 bits per heavy atom. The molecule has 0 spiro atoms. The Morgan fingerprint density at radius 3 is 2.79 bits per heavy atom. The highest BCUT2D eigenvalue weighted by atomic mass is 79.9. The number of carboxylic acid groups (broad SMARTS) is 1. The topological polar surface area (TPSA) is 49.8 Å². The van der Waals surface area contributed by atoms with Gasteiger partial charge in [0.15, 0.2) is 0 Å². The normalized spacial score (nSPS) is 32.2. The first-order valence-corrected chi connectivity index (χ1v) is 7.11. The quantitative estimate of drug-likeness (QED) is 0.929. The van der Waals surface area contributed by atoms with Crippen LogP contribution in [0.1, 0.15) is 5.56 Å². The summed E-state index contributed by atoms with van der Waals surface area (Å²) >= 11 is 3.44. The molecule has 1 aromatic carbocycles. The van der Waals surface area contributed by atoms with Gasteiger partial charge in [-0.1, -0.05) is 28.1 Å². The minimum atomic E-state index is -0.820. The highest BCUT2D eigenvalue weighted by Crippen LogP contribution is 2.64. The molecule has 19 heavy (non-hydrogen) atoms. The van der Waals surface area contributed by atoms with E-state index in [1.807, 2.05) is 12.1 Å². The van der Waals surface area contributed by atoms with Crippen LogP contribution in [0.4, 0.5) is 4.79 Å². The highest BCUT2D eigenvalue weighted by Gasteiger charge is 2.70. The highest BCUT2D eigenvalue weighted by molar-refractivity contribution is 9.10. The summed E-state index contributed by atoms with van der Waals surface area (Å²) in [5.74, 6) is 0.832. The lowest BCUT2D eigenvalue weighted by molar-refractivity contribution is 0.133. The number of rotatable bonds is 3. The maximum absolute atomic E-state index is 11.1. The van der Waals surface area contributed by atoms with E-state index in [1.54, 1.807) is 7.11 Å². The van der Waals surface area contributed by atoms with Gasteiger partial charge >= 0.3 is 6.09 Å². The van der Waals surface area contributed by atoms with Crippen LogP contribution in [0.3, 0.4) is 0 Å². The summed E-state index contributed by atoms with van der Waals surface area (Å²) in [6, 6.07) is 8.23. The van der Waals surface area contributed by atoms with E-state index >= 15 is 0 Å². The molecule has 102 valence electrons. The van der Waals surface area contributed by atoms with Gasteiger partial charge in [-0.15, -0.1) is 0 Å². The van der Waals surface area contributed by atoms with Gasteiger partial charge in [0.25, 0.3) is 0 Å². The molecule has 1 aromatic rings. The van der Waals surface area contributed by atoms with Gasteiger partial charge in [-0.25, -0.2) is 4.79 Å². The van der Waals surface area contributed by atoms with Gasteiger partial charge in [0.1, 0.15) is 0 Å². The average molecular weight is 326 g/mol. The van der Waals surface area contributed by atoms with Crippen LogP contribution in [0.25, 0.3) is 0 Å². The molecule has 1 amide bonds. The lowest BCUT2D eigenvalue weighted by Crippen LogP contribution is -2.34. The molecule has 2 fully saturated rings. The van der Waals surface area contributed by atoms with E-state index in [-0.39, 0.29) is 5.41 Å². The number of nitrogens with zero attached hydrogens (tertiary/aromatic N) is 1. The molecule has 4 nitrogen and oxygen atoms in total. The number of piperidine rings is 1. The molecule has 3 rings (SSSR count). The van der Waals surface area contributed by atoms with Crippen molar-refractivity contribution < 1.29 is 14.6 Å². The summed E-state index contributed by atoms with van der Waals surface area (Å²) in [5.41, 5.74) is 1.20. The van der Waals surface area contributed by atoms with E-state index in [1.165, 1.54) is 10.5 Å². The molecule has 2 aliphatic rings. The second-order valence-corrected chi connectivity index (χ2v) is 6.29. The molecule has 1 saturated heterocycles. The van der Waals surface area contributed by atoms with E-state index < -0.39 is 6.09 Å². The van der Waals surface area contributed by atoms with E-state index in [0.717, 1.165) is 4.47 Å². The van der Waals surface area contributed by atoms with Crippen LogP contribution >= 0.6 is 15.9 Å². The molecule has 5 heteroatoms. The van der Waals surface area contributed by atoms with Crippen molar-refractivity contribution in [1.82, 2.24) is 4.90 Å². The van der Waals surface area contributed by atoms with Crippen LogP contribution in [-0.4, -0.2) is 42.9 Å². The molecular formula is C14H16BrNO3. The summed E-state index contributed by atoms with van der Waals surface area (Å²) in [6.07, 6.45) is -0.820. The Labute approximate surface area is 120 Å². The molecule has 1 saturated carbocycles. The van der Waals surface area contributed by atoms with Gasteiger partial charge in [-0.3, -0.25) is 0 Å². The molecule has 3 atom stereocenters. The lowest BCUT2D eigenvalue weighted by Gasteiger charge is -2.21. The van der Waals surface area contributed by atoms with Crippen LogP contribution in [-0.2, 0) is 10.2 Å². The van der Waals surface area contributed by atoms with Crippen molar-refractivity contribution in [2.45, 2.75) is 5.41 Å². The first-order chi connectivity index (χ1) is 9.09. The van der Waals surface area contributed by atoms with Crippen LogP contribution in [0.15, 0.2) is 28.7 Å². The summed E-state index contributed by atoms with van der Waals surface area (Å²) < 4.78 is 6.34. The van der Waals surface area contributed by atoms with Gasteiger partial charge in [0.05, 0.1) is 6.61 Å². The summed E-state index contributed by atoms with van der Waals surface area (Å²) in [4.78, 5) is 12.7. The van der Waals surface area contributed by atoms with Crippen molar-refractivity contribution in [3.63, 3.8) is 0 Å². The fourth-order valence-corrected chi connectivity index (χ4v) is 3.88. The Hall–Kier alpha value is -1.07. The average Bonchev–Trinajstić information content (AvgIpc) is 2.81. The number of fused-ring (bicyclic) bond motifs is 1. The third-order valence-electron chi connectivity index (χ3n) is 4.57. The second-order valence-electron chi connectivity index (χ2n) is 5.38. The molecular weight excluding hydrogens is 310 g/mol. The summed E-state index contributed by atoms with van der Waals surface area (Å²) in [7, 11) is 1.71. The lowest BCUT2D eigenvalue weighted by atomic mass is 9.93. The number of ether oxygens (including phenoxy) is 1. The smallest absolute Gasteiger partial charge is 0.407 e. The Balaban J connectivity index is 1.90. The first kappa shape index (κ1) is 12.9. The van der Waals surface area contributed by atoms with Gasteiger partial charge in [0.2, 0.25) is 0 Å². The fourth-order valence-electron chi connectivity index (χ4n) is 3.62. The predicted octanol–water partition coefficient (Wildman–Crippen LogP) is 2.57. The number of hydrogen-bond acceptors (Lipinski definition) is 2. The standard InChI is InChI=1S/C14H16BrNO3/c1-19-7-12-11-6-16(13(17)18)8-14(11,12)9-2-4-10(15)5-3-9/h2-5,11-12H,6-8H2,1H3,(H,17,18). The molecule has 0 aromatic heterocycles. The maximum Gasteiger partial charge on any atom is 0.407 e. The number of benzene rings is 1. The van der Waals surface area contributed by atoms with Crippen molar-refractivity contribution in [2.75, 3.05) is 26.8 Å². The number of methoxy groups -OCH3 is 1. The third-order valence-corrected chi connectivity index (χ3v) is 5.10. The summed E-state index contributed by atoms with van der Waals surface area (Å²) in [6.45, 7) is 1.91. The fraction of sp³-hybridized carbons (Fsp3) is 0.500. The minimum Gasteiger partial charge on any atom is -0.465 e. The van der Waals surface area contributed by atoms with Gasteiger partial charge < -0.3 is 14.7 Å². The molecule has 1 aliphatic heterocycles. The van der Waals surface area contributed by atoms with Crippen molar-refractivity contribution in [3.05, 3.63) is 34.3 Å². The molecule has 1 aliphatic carbocycles. The van der Waals surface area contributed by atoms with Crippen molar-refractivity contribution in [1.29, 1.82) is 0 Å². The number of hydrogen-bond donors (Lipinski definition) is 1. The predicted molar refractivity (Wildman–Crippen MR) is 74.3 cm³/mol. The van der Waals surface area contributed by atoms with E-state index in [2.05, 4.69) is 28.1 Å². The van der Waals surface area contributed by atoms with Crippen LogP contribution in [0.2, 0.25) is 0 Å². The number of carbonyl (C=O) groups is 1. The van der Waals surface area contributed by atoms with Gasteiger partial charge in [0, 0.05) is 30.1 Å². The van der Waals surface area contributed by atoms with Crippen molar-refractivity contribution >= 4 is 22.0 Å². The maximum atomic E-state index is 11.1. The van der Waals surface area contributed by atoms with E-state index in [0.29, 0.717) is 31.5 Å². The zero-order chi connectivity index (χ0) is 13.6. The molecule has 3 unspecified atom stereocenters. The molecule has 0 radical (unpaired) electrons. The van der Waals surface area contributed by atoms with Crippen molar-refractivity contribution in [2.24, 2.45) is 11.8 Å². The Morgan fingerprint density at radius 2 is 2.21 bits per heavy atom.